The lowest BCUT2D eigenvalue weighted by Gasteiger charge is -2.29. The van der Waals surface area contributed by atoms with E-state index >= 15 is 0 Å². The summed E-state index contributed by atoms with van der Waals surface area (Å²) in [4.78, 5) is 19.1. The van der Waals surface area contributed by atoms with Crippen LogP contribution in [0.1, 0.15) is 46.0 Å². The second-order valence-electron chi connectivity index (χ2n) is 5.62. The largest absolute Gasteiger partial charge is 0.364 e. The molecule has 1 aliphatic carbocycles. The number of hydrogen-bond donors (Lipinski definition) is 2. The number of aromatic nitrogens is 2. The summed E-state index contributed by atoms with van der Waals surface area (Å²) in [5.74, 6) is 1.12. The van der Waals surface area contributed by atoms with E-state index in [-0.39, 0.29) is 11.7 Å². The van der Waals surface area contributed by atoms with Crippen LogP contribution in [0.4, 0.5) is 17.3 Å². The van der Waals surface area contributed by atoms with Gasteiger partial charge in [-0.2, -0.15) is 0 Å². The molecule has 116 valence electrons. The molecule has 1 fully saturated rings. The molecule has 1 aromatic rings. The zero-order chi connectivity index (χ0) is 15.2. The summed E-state index contributed by atoms with van der Waals surface area (Å²) in [6, 6.07) is 0.242. The number of hydrogen-bond acceptors (Lipinski definition) is 6. The Kier molecular flexibility index (Phi) is 5.30. The molecule has 0 amide bonds. The second-order valence-corrected chi connectivity index (χ2v) is 5.62. The fourth-order valence-corrected chi connectivity index (χ4v) is 2.74. The van der Waals surface area contributed by atoms with Crippen molar-refractivity contribution in [3.8, 4) is 0 Å². The van der Waals surface area contributed by atoms with Crippen LogP contribution in [-0.2, 0) is 0 Å². The molecule has 7 nitrogen and oxygen atoms in total. The van der Waals surface area contributed by atoms with Gasteiger partial charge < -0.3 is 10.6 Å². The Balaban J connectivity index is 2.23. The van der Waals surface area contributed by atoms with Gasteiger partial charge in [0.25, 0.3) is 0 Å². The van der Waals surface area contributed by atoms with E-state index in [0.29, 0.717) is 24.1 Å². The highest BCUT2D eigenvalue weighted by molar-refractivity contribution is 5.69. The predicted octanol–water partition coefficient (Wildman–Crippen LogP) is 3.20. The molecule has 2 N–H and O–H groups in total. The summed E-state index contributed by atoms with van der Waals surface area (Å²) >= 11 is 0. The molecule has 2 unspecified atom stereocenters. The van der Waals surface area contributed by atoms with Crippen molar-refractivity contribution in [3.05, 3.63) is 16.4 Å². The molecule has 0 aliphatic heterocycles. The molecule has 1 aliphatic rings. The number of nitrogens with one attached hydrogen (secondary N) is 2. The van der Waals surface area contributed by atoms with Crippen LogP contribution in [0.3, 0.4) is 0 Å². The third-order valence-electron chi connectivity index (χ3n) is 3.98. The van der Waals surface area contributed by atoms with Crippen molar-refractivity contribution < 1.29 is 4.92 Å². The van der Waals surface area contributed by atoms with Gasteiger partial charge in [-0.25, -0.2) is 9.97 Å². The third-order valence-corrected chi connectivity index (χ3v) is 3.98. The van der Waals surface area contributed by atoms with Crippen LogP contribution in [0.5, 0.6) is 0 Å². The van der Waals surface area contributed by atoms with E-state index in [1.165, 1.54) is 12.7 Å². The highest BCUT2D eigenvalue weighted by Crippen LogP contribution is 2.32. The van der Waals surface area contributed by atoms with Crippen LogP contribution >= 0.6 is 0 Å². The molecule has 1 heterocycles. The first kappa shape index (κ1) is 15.5. The molecule has 1 saturated carbocycles. The maximum Gasteiger partial charge on any atom is 0.353 e. The number of nitrogens with zero attached hydrogens (tertiary/aromatic N) is 3. The molecule has 0 bridgehead atoms. The van der Waals surface area contributed by atoms with Gasteiger partial charge in [0, 0.05) is 12.6 Å². The van der Waals surface area contributed by atoms with Gasteiger partial charge >= 0.3 is 5.69 Å². The summed E-state index contributed by atoms with van der Waals surface area (Å²) in [5.41, 5.74) is -0.0521. The zero-order valence-electron chi connectivity index (χ0n) is 12.6. The van der Waals surface area contributed by atoms with Gasteiger partial charge in [0.1, 0.15) is 6.33 Å². The molecule has 21 heavy (non-hydrogen) atoms. The van der Waals surface area contributed by atoms with Crippen molar-refractivity contribution in [1.82, 2.24) is 9.97 Å². The molecule has 0 radical (unpaired) electrons. The summed E-state index contributed by atoms with van der Waals surface area (Å²) in [6.45, 7) is 4.83. The van der Waals surface area contributed by atoms with Crippen molar-refractivity contribution in [2.75, 3.05) is 17.2 Å². The number of rotatable bonds is 6. The van der Waals surface area contributed by atoms with Gasteiger partial charge in [0.15, 0.2) is 0 Å². The van der Waals surface area contributed by atoms with E-state index in [0.717, 1.165) is 25.7 Å². The molecule has 2 rings (SSSR count). The topological polar surface area (TPSA) is 93.0 Å². The van der Waals surface area contributed by atoms with E-state index in [1.54, 1.807) is 0 Å². The quantitative estimate of drug-likeness (QED) is 0.618. The van der Waals surface area contributed by atoms with Gasteiger partial charge in [-0.05, 0) is 25.2 Å². The Morgan fingerprint density at radius 1 is 1.33 bits per heavy atom. The molecular weight excluding hydrogens is 270 g/mol. The Morgan fingerprint density at radius 2 is 2.05 bits per heavy atom. The second kappa shape index (κ2) is 7.19. The van der Waals surface area contributed by atoms with Gasteiger partial charge in [0.05, 0.1) is 4.92 Å². The van der Waals surface area contributed by atoms with Crippen molar-refractivity contribution in [2.24, 2.45) is 5.92 Å². The average Bonchev–Trinajstić information content (AvgIpc) is 2.47. The summed E-state index contributed by atoms with van der Waals surface area (Å²) < 4.78 is 0. The average molecular weight is 293 g/mol. The minimum absolute atomic E-state index is 0.0521. The highest BCUT2D eigenvalue weighted by Gasteiger charge is 2.27. The monoisotopic (exact) mass is 293 g/mol. The van der Waals surface area contributed by atoms with Crippen LogP contribution in [-0.4, -0.2) is 27.5 Å². The Bertz CT molecular complexity index is 494. The SMILES string of the molecule is CCCNc1ncnc(NC2CCCCC2C)c1[N+](=O)[O-]. The first-order valence-corrected chi connectivity index (χ1v) is 7.63. The summed E-state index contributed by atoms with van der Waals surface area (Å²) in [6.07, 6.45) is 6.82. The normalized spacial score (nSPS) is 21.8. The molecule has 2 atom stereocenters. The number of anilines is 2. The van der Waals surface area contributed by atoms with E-state index in [1.807, 2.05) is 6.92 Å². The molecule has 7 heteroatoms. The van der Waals surface area contributed by atoms with Crippen LogP contribution in [0, 0.1) is 16.0 Å². The van der Waals surface area contributed by atoms with E-state index < -0.39 is 4.92 Å². The van der Waals surface area contributed by atoms with E-state index in [2.05, 4.69) is 27.5 Å². The van der Waals surface area contributed by atoms with Crippen LogP contribution in [0.15, 0.2) is 6.33 Å². The Morgan fingerprint density at radius 3 is 2.71 bits per heavy atom. The smallest absolute Gasteiger partial charge is 0.353 e. The molecule has 0 spiro atoms. The van der Waals surface area contributed by atoms with E-state index in [9.17, 15) is 10.1 Å². The summed E-state index contributed by atoms with van der Waals surface area (Å²) in [7, 11) is 0. The molecule has 0 saturated heterocycles. The van der Waals surface area contributed by atoms with Crippen molar-refractivity contribution in [2.45, 2.75) is 52.0 Å². The minimum Gasteiger partial charge on any atom is -0.364 e. The molecule has 1 aromatic heterocycles. The van der Waals surface area contributed by atoms with Gasteiger partial charge in [-0.3, -0.25) is 10.1 Å². The lowest BCUT2D eigenvalue weighted by atomic mass is 9.86. The van der Waals surface area contributed by atoms with Crippen LogP contribution in [0.25, 0.3) is 0 Å². The zero-order valence-corrected chi connectivity index (χ0v) is 12.6. The van der Waals surface area contributed by atoms with Crippen LogP contribution in [0.2, 0.25) is 0 Å². The Hall–Kier alpha value is -1.92. The van der Waals surface area contributed by atoms with E-state index in [4.69, 9.17) is 0 Å². The molecule has 0 aromatic carbocycles. The first-order valence-electron chi connectivity index (χ1n) is 7.63. The summed E-state index contributed by atoms with van der Waals surface area (Å²) in [5, 5.41) is 17.6. The Labute approximate surface area is 124 Å². The number of nitro groups is 1. The van der Waals surface area contributed by atoms with Gasteiger partial charge in [0.2, 0.25) is 11.6 Å². The van der Waals surface area contributed by atoms with Gasteiger partial charge in [-0.1, -0.05) is 26.7 Å². The minimum atomic E-state index is -0.409. The molecular formula is C14H23N5O2. The maximum atomic E-state index is 11.4. The van der Waals surface area contributed by atoms with Crippen molar-refractivity contribution in [3.63, 3.8) is 0 Å². The first-order chi connectivity index (χ1) is 10.1. The van der Waals surface area contributed by atoms with Crippen molar-refractivity contribution >= 4 is 17.3 Å². The fourth-order valence-electron chi connectivity index (χ4n) is 2.74. The predicted molar refractivity (Wildman–Crippen MR) is 82.5 cm³/mol. The third kappa shape index (κ3) is 3.80. The highest BCUT2D eigenvalue weighted by atomic mass is 16.6. The lowest BCUT2D eigenvalue weighted by molar-refractivity contribution is -0.383. The van der Waals surface area contributed by atoms with Crippen LogP contribution < -0.4 is 10.6 Å². The maximum absolute atomic E-state index is 11.4. The lowest BCUT2D eigenvalue weighted by Crippen LogP contribution is -2.31. The van der Waals surface area contributed by atoms with Gasteiger partial charge in [-0.15, -0.1) is 0 Å². The fraction of sp³-hybridized carbons (Fsp3) is 0.714. The standard InChI is InChI=1S/C14H23N5O2/c1-3-8-15-13-12(19(20)21)14(17-9-16-13)18-11-7-5-4-6-10(11)2/h9-11H,3-8H2,1-2H3,(H2,15,16,17,18). The van der Waals surface area contributed by atoms with Crippen molar-refractivity contribution in [1.29, 1.82) is 0 Å².